The van der Waals surface area contributed by atoms with E-state index in [1.807, 2.05) is 0 Å². The fraction of sp³-hybridized carbons (Fsp3) is 0.800. The Hall–Kier alpha value is -0.940. The highest BCUT2D eigenvalue weighted by molar-refractivity contribution is 5.07. The Morgan fingerprint density at radius 2 is 2.33 bits per heavy atom. The third-order valence-electron chi connectivity index (χ3n) is 3.44. The minimum atomic E-state index is -0.936. The second kappa shape index (κ2) is 3.28. The summed E-state index contributed by atoms with van der Waals surface area (Å²) in [5.74, 6) is 1.62. The van der Waals surface area contributed by atoms with Gasteiger partial charge in [-0.3, -0.25) is 0 Å². The molecule has 0 radical (unpaired) electrons. The summed E-state index contributed by atoms with van der Waals surface area (Å²) in [7, 11) is 0. The summed E-state index contributed by atoms with van der Waals surface area (Å²) in [5.41, 5.74) is -0.936. The summed E-state index contributed by atoms with van der Waals surface area (Å²) < 4.78 is 5.16. The Morgan fingerprint density at radius 1 is 1.47 bits per heavy atom. The summed E-state index contributed by atoms with van der Waals surface area (Å²) in [6.45, 7) is 1.32. The molecule has 2 fully saturated rings. The molecular weight excluding hydrogens is 194 g/mol. The molecule has 1 saturated carbocycles. The van der Waals surface area contributed by atoms with Crippen LogP contribution in [0.15, 0.2) is 4.52 Å². The van der Waals surface area contributed by atoms with E-state index < -0.39 is 5.60 Å². The van der Waals surface area contributed by atoms with Crippen LogP contribution in [-0.2, 0) is 5.60 Å². The Bertz CT molecular complexity index is 353. The number of aromatic nitrogens is 2. The maximum Gasteiger partial charge on any atom is 0.259 e. The van der Waals surface area contributed by atoms with Gasteiger partial charge in [0.05, 0.1) is 0 Å². The zero-order valence-corrected chi connectivity index (χ0v) is 8.57. The lowest BCUT2D eigenvalue weighted by Gasteiger charge is -2.21. The molecule has 0 spiro atoms. The van der Waals surface area contributed by atoms with Crippen molar-refractivity contribution in [1.82, 2.24) is 15.5 Å². The molecule has 1 unspecified atom stereocenters. The van der Waals surface area contributed by atoms with Crippen molar-refractivity contribution < 1.29 is 9.63 Å². The van der Waals surface area contributed by atoms with E-state index in [4.69, 9.17) is 4.52 Å². The molecule has 5 nitrogen and oxygen atoms in total. The lowest BCUT2D eigenvalue weighted by atomic mass is 9.85. The molecule has 2 aliphatic rings. The van der Waals surface area contributed by atoms with Crippen LogP contribution in [0.25, 0.3) is 0 Å². The van der Waals surface area contributed by atoms with Crippen molar-refractivity contribution in [3.63, 3.8) is 0 Å². The highest BCUT2D eigenvalue weighted by Crippen LogP contribution is 2.36. The van der Waals surface area contributed by atoms with Crippen molar-refractivity contribution in [2.45, 2.75) is 37.2 Å². The van der Waals surface area contributed by atoms with Crippen molar-refractivity contribution >= 4 is 0 Å². The summed E-state index contributed by atoms with van der Waals surface area (Å²) >= 11 is 0. The first-order valence-corrected chi connectivity index (χ1v) is 5.55. The van der Waals surface area contributed by atoms with Gasteiger partial charge in [-0.2, -0.15) is 4.98 Å². The summed E-state index contributed by atoms with van der Waals surface area (Å²) in [5, 5.41) is 17.2. The minimum absolute atomic E-state index is 0.384. The average molecular weight is 209 g/mol. The molecule has 1 saturated heterocycles. The first-order chi connectivity index (χ1) is 7.28. The molecule has 15 heavy (non-hydrogen) atoms. The number of β-amino-alcohol motifs (C(OH)–C–C–N with tert-alkyl or cyclic N) is 1. The smallest absolute Gasteiger partial charge is 0.259 e. The molecule has 1 aromatic rings. The van der Waals surface area contributed by atoms with Gasteiger partial charge in [0.15, 0.2) is 11.4 Å². The molecule has 2 heterocycles. The molecule has 0 amide bonds. The number of nitrogens with zero attached hydrogens (tertiary/aromatic N) is 2. The van der Waals surface area contributed by atoms with Gasteiger partial charge in [-0.05, 0) is 25.8 Å². The molecule has 1 aromatic heterocycles. The summed E-state index contributed by atoms with van der Waals surface area (Å²) in [4.78, 5) is 4.32. The van der Waals surface area contributed by atoms with Gasteiger partial charge in [-0.1, -0.05) is 11.6 Å². The van der Waals surface area contributed by atoms with Gasteiger partial charge in [0.2, 0.25) is 0 Å². The second-order valence-corrected chi connectivity index (χ2v) is 4.54. The van der Waals surface area contributed by atoms with E-state index >= 15 is 0 Å². The standard InChI is InChI=1S/C10H15N3O2/c14-10(4-5-11-6-10)9-12-8(13-15-9)7-2-1-3-7/h7,11,14H,1-6H2. The molecule has 82 valence electrons. The Labute approximate surface area is 87.9 Å². The van der Waals surface area contributed by atoms with E-state index in [0.29, 0.717) is 24.8 Å². The van der Waals surface area contributed by atoms with E-state index in [9.17, 15) is 5.11 Å². The van der Waals surface area contributed by atoms with Crippen LogP contribution in [0.5, 0.6) is 0 Å². The van der Waals surface area contributed by atoms with Crippen molar-refractivity contribution in [1.29, 1.82) is 0 Å². The number of nitrogens with one attached hydrogen (secondary N) is 1. The third-order valence-corrected chi connectivity index (χ3v) is 3.44. The summed E-state index contributed by atoms with van der Waals surface area (Å²) in [6, 6.07) is 0. The zero-order chi connectivity index (χ0) is 10.3. The fourth-order valence-electron chi connectivity index (χ4n) is 2.12. The molecule has 0 aromatic carbocycles. The molecule has 1 aliphatic carbocycles. The normalized spacial score (nSPS) is 31.8. The van der Waals surface area contributed by atoms with Gasteiger partial charge in [0.1, 0.15) is 0 Å². The van der Waals surface area contributed by atoms with Crippen molar-refractivity contribution in [3.8, 4) is 0 Å². The molecule has 2 N–H and O–H groups in total. The largest absolute Gasteiger partial charge is 0.379 e. The van der Waals surface area contributed by atoms with Crippen LogP contribution in [0.2, 0.25) is 0 Å². The van der Waals surface area contributed by atoms with Gasteiger partial charge >= 0.3 is 0 Å². The first-order valence-electron chi connectivity index (χ1n) is 5.55. The highest BCUT2D eigenvalue weighted by atomic mass is 16.5. The summed E-state index contributed by atoms with van der Waals surface area (Å²) in [6.07, 6.45) is 4.20. The van der Waals surface area contributed by atoms with Crippen LogP contribution in [-0.4, -0.2) is 28.3 Å². The quantitative estimate of drug-likeness (QED) is 0.743. The Balaban J connectivity index is 1.82. The molecule has 1 aliphatic heterocycles. The van der Waals surface area contributed by atoms with Gasteiger partial charge in [0.25, 0.3) is 5.89 Å². The topological polar surface area (TPSA) is 71.2 Å². The number of hydrogen-bond acceptors (Lipinski definition) is 5. The fourth-order valence-corrected chi connectivity index (χ4v) is 2.12. The Kier molecular flexibility index (Phi) is 2.03. The SMILES string of the molecule is OC1(c2nc(C3CCC3)no2)CCNC1. The van der Waals surface area contributed by atoms with Crippen LogP contribution < -0.4 is 5.32 Å². The molecule has 0 bridgehead atoms. The average Bonchev–Trinajstić information content (AvgIpc) is 2.71. The van der Waals surface area contributed by atoms with Crippen molar-refractivity contribution in [3.05, 3.63) is 11.7 Å². The van der Waals surface area contributed by atoms with Gasteiger partial charge < -0.3 is 14.9 Å². The van der Waals surface area contributed by atoms with Gasteiger partial charge in [0, 0.05) is 12.5 Å². The maximum absolute atomic E-state index is 10.2. The number of rotatable bonds is 2. The number of hydrogen-bond donors (Lipinski definition) is 2. The maximum atomic E-state index is 10.2. The molecular formula is C10H15N3O2. The van der Waals surface area contributed by atoms with Crippen LogP contribution in [0.1, 0.15) is 43.3 Å². The molecule has 1 atom stereocenters. The van der Waals surface area contributed by atoms with Crippen LogP contribution in [0, 0.1) is 0 Å². The third kappa shape index (κ3) is 1.46. The monoisotopic (exact) mass is 209 g/mol. The zero-order valence-electron chi connectivity index (χ0n) is 8.57. The Morgan fingerprint density at radius 3 is 2.93 bits per heavy atom. The van der Waals surface area contributed by atoms with E-state index in [-0.39, 0.29) is 0 Å². The lowest BCUT2D eigenvalue weighted by Crippen LogP contribution is -2.28. The van der Waals surface area contributed by atoms with Crippen LogP contribution in [0.4, 0.5) is 0 Å². The molecule has 5 heteroatoms. The van der Waals surface area contributed by atoms with Crippen molar-refractivity contribution in [2.24, 2.45) is 0 Å². The predicted octanol–water partition coefficient (Wildman–Crippen LogP) is 0.518. The predicted molar refractivity (Wildman–Crippen MR) is 52.3 cm³/mol. The van der Waals surface area contributed by atoms with Gasteiger partial charge in [-0.25, -0.2) is 0 Å². The number of aliphatic hydroxyl groups is 1. The van der Waals surface area contributed by atoms with Gasteiger partial charge in [-0.15, -0.1) is 0 Å². The van der Waals surface area contributed by atoms with Crippen molar-refractivity contribution in [2.75, 3.05) is 13.1 Å². The highest BCUT2D eigenvalue weighted by Gasteiger charge is 2.39. The first kappa shape index (κ1) is 9.30. The molecule has 3 rings (SSSR count). The van der Waals surface area contributed by atoms with E-state index in [2.05, 4.69) is 15.5 Å². The lowest BCUT2D eigenvalue weighted by molar-refractivity contribution is 0.0243. The van der Waals surface area contributed by atoms with E-state index in [0.717, 1.165) is 25.2 Å². The van der Waals surface area contributed by atoms with Crippen LogP contribution in [0.3, 0.4) is 0 Å². The second-order valence-electron chi connectivity index (χ2n) is 4.54. The van der Waals surface area contributed by atoms with E-state index in [1.54, 1.807) is 0 Å². The van der Waals surface area contributed by atoms with Crippen LogP contribution >= 0.6 is 0 Å². The van der Waals surface area contributed by atoms with E-state index in [1.165, 1.54) is 6.42 Å². The minimum Gasteiger partial charge on any atom is -0.379 e.